The Hall–Kier alpha value is -1.82. The minimum Gasteiger partial charge on any atom is -0.472 e. The molecule has 0 amide bonds. The van der Waals surface area contributed by atoms with Crippen LogP contribution in [0.4, 0.5) is 5.13 Å². The summed E-state index contributed by atoms with van der Waals surface area (Å²) in [6, 6.07) is 1.86. The van der Waals surface area contributed by atoms with E-state index in [2.05, 4.69) is 15.0 Å². The summed E-state index contributed by atoms with van der Waals surface area (Å²) in [6.45, 7) is 0.616. The molecule has 2 aromatic heterocycles. The second-order valence-corrected chi connectivity index (χ2v) is 4.04. The average molecular weight is 238 g/mol. The smallest absolute Gasteiger partial charge is 0.349 e. The zero-order chi connectivity index (χ0) is 11.4. The van der Waals surface area contributed by atoms with Crippen LogP contribution in [0.2, 0.25) is 0 Å². The van der Waals surface area contributed by atoms with Gasteiger partial charge in [0.1, 0.15) is 4.88 Å². The van der Waals surface area contributed by atoms with Crippen LogP contribution in [0.25, 0.3) is 0 Å². The van der Waals surface area contributed by atoms with Crippen LogP contribution < -0.4 is 5.32 Å². The molecule has 1 N–H and O–H groups in total. The second kappa shape index (κ2) is 4.80. The van der Waals surface area contributed by atoms with Crippen molar-refractivity contribution in [2.24, 2.45) is 0 Å². The molecule has 0 saturated carbocycles. The van der Waals surface area contributed by atoms with Gasteiger partial charge in [0.25, 0.3) is 0 Å². The highest BCUT2D eigenvalue weighted by Crippen LogP contribution is 2.19. The molecule has 0 unspecified atom stereocenters. The van der Waals surface area contributed by atoms with E-state index < -0.39 is 0 Å². The third kappa shape index (κ3) is 2.40. The molecule has 0 aliphatic rings. The highest BCUT2D eigenvalue weighted by molar-refractivity contribution is 7.17. The van der Waals surface area contributed by atoms with Crippen molar-refractivity contribution in [3.8, 4) is 0 Å². The lowest BCUT2D eigenvalue weighted by molar-refractivity contribution is 0.0606. The fraction of sp³-hybridized carbons (Fsp3) is 0.200. The van der Waals surface area contributed by atoms with Crippen molar-refractivity contribution in [2.75, 3.05) is 12.4 Å². The molecule has 0 radical (unpaired) electrons. The Morgan fingerprint density at radius 1 is 1.69 bits per heavy atom. The summed E-state index contributed by atoms with van der Waals surface area (Å²) in [7, 11) is 1.35. The van der Waals surface area contributed by atoms with Crippen molar-refractivity contribution >= 4 is 22.4 Å². The number of furan rings is 1. The zero-order valence-electron chi connectivity index (χ0n) is 8.60. The van der Waals surface area contributed by atoms with Crippen LogP contribution in [0, 0.1) is 0 Å². The van der Waals surface area contributed by atoms with Crippen LogP contribution in [-0.4, -0.2) is 18.1 Å². The topological polar surface area (TPSA) is 64.4 Å². The SMILES string of the molecule is COC(=O)c1cnc(NCc2ccoc2)s1. The molecule has 5 nitrogen and oxygen atoms in total. The summed E-state index contributed by atoms with van der Waals surface area (Å²) in [5.41, 5.74) is 1.02. The van der Waals surface area contributed by atoms with Crippen LogP contribution in [0.15, 0.2) is 29.2 Å². The number of thiazole rings is 1. The van der Waals surface area contributed by atoms with E-state index in [0.717, 1.165) is 5.56 Å². The summed E-state index contributed by atoms with van der Waals surface area (Å²) >= 11 is 1.26. The molecule has 0 aliphatic carbocycles. The molecule has 0 fully saturated rings. The van der Waals surface area contributed by atoms with E-state index in [1.165, 1.54) is 24.6 Å². The molecular weight excluding hydrogens is 228 g/mol. The summed E-state index contributed by atoms with van der Waals surface area (Å²) in [6.07, 6.45) is 4.76. The molecule has 0 aliphatic heterocycles. The van der Waals surface area contributed by atoms with E-state index in [1.807, 2.05) is 6.07 Å². The maximum Gasteiger partial charge on any atom is 0.349 e. The highest BCUT2D eigenvalue weighted by atomic mass is 32.1. The number of carbonyl (C=O) groups excluding carboxylic acids is 1. The number of aromatic nitrogens is 1. The lowest BCUT2D eigenvalue weighted by Crippen LogP contribution is -1.97. The molecule has 16 heavy (non-hydrogen) atoms. The molecule has 0 bridgehead atoms. The summed E-state index contributed by atoms with van der Waals surface area (Å²) in [5, 5.41) is 3.77. The van der Waals surface area contributed by atoms with E-state index in [1.54, 1.807) is 12.5 Å². The van der Waals surface area contributed by atoms with Crippen molar-refractivity contribution in [3.63, 3.8) is 0 Å². The quantitative estimate of drug-likeness (QED) is 0.827. The number of nitrogens with one attached hydrogen (secondary N) is 1. The Morgan fingerprint density at radius 3 is 3.25 bits per heavy atom. The lowest BCUT2D eigenvalue weighted by Gasteiger charge is -1.97. The van der Waals surface area contributed by atoms with E-state index in [4.69, 9.17) is 4.42 Å². The van der Waals surface area contributed by atoms with Gasteiger partial charge in [-0.15, -0.1) is 0 Å². The zero-order valence-corrected chi connectivity index (χ0v) is 9.41. The third-order valence-corrected chi connectivity index (χ3v) is 2.85. The average Bonchev–Trinajstić information content (AvgIpc) is 2.96. The summed E-state index contributed by atoms with van der Waals surface area (Å²) in [5.74, 6) is -0.367. The second-order valence-electron chi connectivity index (χ2n) is 3.01. The van der Waals surface area contributed by atoms with Crippen LogP contribution in [-0.2, 0) is 11.3 Å². The standard InChI is InChI=1S/C10H10N2O3S/c1-14-9(13)8-5-12-10(16-8)11-4-7-2-3-15-6-7/h2-3,5-6H,4H2,1H3,(H,11,12). The number of esters is 1. The van der Waals surface area contributed by atoms with Gasteiger partial charge in [-0.3, -0.25) is 0 Å². The van der Waals surface area contributed by atoms with Crippen LogP contribution >= 0.6 is 11.3 Å². The monoisotopic (exact) mass is 238 g/mol. The molecule has 2 rings (SSSR count). The number of carbonyl (C=O) groups is 1. The van der Waals surface area contributed by atoms with Crippen LogP contribution in [0.3, 0.4) is 0 Å². The van der Waals surface area contributed by atoms with Gasteiger partial charge in [0.15, 0.2) is 5.13 Å². The Labute approximate surface area is 96.1 Å². The summed E-state index contributed by atoms with van der Waals surface area (Å²) < 4.78 is 9.52. The van der Waals surface area contributed by atoms with Gasteiger partial charge in [-0.25, -0.2) is 9.78 Å². The molecule has 0 saturated heterocycles. The third-order valence-electron chi connectivity index (χ3n) is 1.92. The van der Waals surface area contributed by atoms with Gasteiger partial charge in [0.2, 0.25) is 0 Å². The normalized spacial score (nSPS) is 10.1. The first-order chi connectivity index (χ1) is 7.79. The van der Waals surface area contributed by atoms with Crippen molar-refractivity contribution in [2.45, 2.75) is 6.54 Å². The molecule has 0 spiro atoms. The minimum absolute atomic E-state index is 0.367. The van der Waals surface area contributed by atoms with E-state index in [-0.39, 0.29) is 5.97 Å². The molecule has 6 heteroatoms. The molecule has 2 aromatic rings. The van der Waals surface area contributed by atoms with Crippen molar-refractivity contribution in [3.05, 3.63) is 35.2 Å². The Kier molecular flexibility index (Phi) is 3.21. The van der Waals surface area contributed by atoms with Crippen molar-refractivity contribution in [1.82, 2.24) is 4.98 Å². The van der Waals surface area contributed by atoms with Crippen molar-refractivity contribution < 1.29 is 13.9 Å². The molecule has 0 aromatic carbocycles. The van der Waals surface area contributed by atoms with Crippen molar-refractivity contribution in [1.29, 1.82) is 0 Å². The van der Waals surface area contributed by atoms with Gasteiger partial charge in [0.05, 0.1) is 25.8 Å². The minimum atomic E-state index is -0.367. The van der Waals surface area contributed by atoms with Gasteiger partial charge in [0, 0.05) is 12.1 Å². The maximum atomic E-state index is 11.2. The molecular formula is C10H10N2O3S. The van der Waals surface area contributed by atoms with Crippen LogP contribution in [0.1, 0.15) is 15.2 Å². The Bertz CT molecular complexity index is 464. The van der Waals surface area contributed by atoms with Gasteiger partial charge in [-0.1, -0.05) is 11.3 Å². The first-order valence-corrected chi connectivity index (χ1v) is 5.40. The van der Waals surface area contributed by atoms with Crippen LogP contribution in [0.5, 0.6) is 0 Å². The number of ether oxygens (including phenoxy) is 1. The first-order valence-electron chi connectivity index (χ1n) is 4.58. The Morgan fingerprint density at radius 2 is 2.56 bits per heavy atom. The maximum absolute atomic E-state index is 11.2. The predicted molar refractivity (Wildman–Crippen MR) is 59.5 cm³/mol. The fourth-order valence-electron chi connectivity index (χ4n) is 1.12. The predicted octanol–water partition coefficient (Wildman–Crippen LogP) is 2.13. The molecule has 2 heterocycles. The van der Waals surface area contributed by atoms with E-state index >= 15 is 0 Å². The Balaban J connectivity index is 1.95. The number of hydrogen-bond acceptors (Lipinski definition) is 6. The number of nitrogens with zero attached hydrogens (tertiary/aromatic N) is 1. The fourth-order valence-corrected chi connectivity index (χ4v) is 1.85. The van der Waals surface area contributed by atoms with Gasteiger partial charge in [-0.05, 0) is 6.07 Å². The first kappa shape index (κ1) is 10.7. The van der Waals surface area contributed by atoms with Gasteiger partial charge < -0.3 is 14.5 Å². The number of rotatable bonds is 4. The van der Waals surface area contributed by atoms with E-state index in [0.29, 0.717) is 16.6 Å². The molecule has 84 valence electrons. The van der Waals surface area contributed by atoms with Gasteiger partial charge >= 0.3 is 5.97 Å². The largest absolute Gasteiger partial charge is 0.472 e. The molecule has 0 atom stereocenters. The highest BCUT2D eigenvalue weighted by Gasteiger charge is 2.09. The van der Waals surface area contributed by atoms with Gasteiger partial charge in [-0.2, -0.15) is 0 Å². The number of hydrogen-bond donors (Lipinski definition) is 1. The number of anilines is 1. The summed E-state index contributed by atoms with van der Waals surface area (Å²) in [4.78, 5) is 15.7. The number of methoxy groups -OCH3 is 1. The lowest BCUT2D eigenvalue weighted by atomic mass is 10.3. The van der Waals surface area contributed by atoms with E-state index in [9.17, 15) is 4.79 Å².